The standard InChI is InChI=1S/C18H31N3O3/c1-12(2)16(22)18(4,5)11-19-17(23)15-10-20-21(13(15)3)14-6-8-24-9-7-14/h10,12,14,16,22H,6-9,11H2,1-5H3,(H,19,23). The quantitative estimate of drug-likeness (QED) is 0.835. The molecule has 1 amide bonds. The van der Waals surface area contributed by atoms with Gasteiger partial charge in [0.05, 0.1) is 23.9 Å². The number of aromatic nitrogens is 2. The van der Waals surface area contributed by atoms with Gasteiger partial charge in [-0.15, -0.1) is 0 Å². The summed E-state index contributed by atoms with van der Waals surface area (Å²) in [5.41, 5.74) is 1.12. The van der Waals surface area contributed by atoms with Crippen molar-refractivity contribution >= 4 is 5.91 Å². The molecule has 1 fully saturated rings. The maximum atomic E-state index is 12.5. The van der Waals surface area contributed by atoms with Gasteiger partial charge in [0.1, 0.15) is 0 Å². The highest BCUT2D eigenvalue weighted by molar-refractivity contribution is 5.95. The number of aliphatic hydroxyl groups is 1. The monoisotopic (exact) mass is 337 g/mol. The van der Waals surface area contributed by atoms with Crippen LogP contribution in [0.4, 0.5) is 0 Å². The van der Waals surface area contributed by atoms with Gasteiger partial charge < -0.3 is 15.2 Å². The summed E-state index contributed by atoms with van der Waals surface area (Å²) in [6, 6.07) is 0.305. The fourth-order valence-corrected chi connectivity index (χ4v) is 3.35. The van der Waals surface area contributed by atoms with E-state index in [0.29, 0.717) is 18.2 Å². The van der Waals surface area contributed by atoms with Gasteiger partial charge in [-0.05, 0) is 25.7 Å². The first-order chi connectivity index (χ1) is 11.2. The molecule has 0 bridgehead atoms. The molecule has 1 aromatic rings. The zero-order valence-electron chi connectivity index (χ0n) is 15.5. The van der Waals surface area contributed by atoms with Crippen LogP contribution >= 0.6 is 0 Å². The molecule has 136 valence electrons. The van der Waals surface area contributed by atoms with Crippen LogP contribution in [0, 0.1) is 18.3 Å². The fourth-order valence-electron chi connectivity index (χ4n) is 3.35. The number of hydrogen-bond donors (Lipinski definition) is 2. The van der Waals surface area contributed by atoms with Crippen LogP contribution in [0.25, 0.3) is 0 Å². The van der Waals surface area contributed by atoms with Crippen LogP contribution in [0.5, 0.6) is 0 Å². The lowest BCUT2D eigenvalue weighted by Gasteiger charge is -2.33. The van der Waals surface area contributed by atoms with Gasteiger partial charge in [-0.1, -0.05) is 27.7 Å². The highest BCUT2D eigenvalue weighted by Crippen LogP contribution is 2.26. The highest BCUT2D eigenvalue weighted by Gasteiger charge is 2.31. The molecule has 6 nitrogen and oxygen atoms in total. The molecule has 0 radical (unpaired) electrons. The van der Waals surface area contributed by atoms with E-state index < -0.39 is 6.10 Å². The Morgan fingerprint density at radius 2 is 2.08 bits per heavy atom. The third-order valence-electron chi connectivity index (χ3n) is 4.96. The molecule has 0 spiro atoms. The minimum absolute atomic E-state index is 0.130. The van der Waals surface area contributed by atoms with Crippen LogP contribution in [-0.4, -0.2) is 46.7 Å². The fraction of sp³-hybridized carbons (Fsp3) is 0.778. The molecule has 1 aliphatic heterocycles. The van der Waals surface area contributed by atoms with Gasteiger partial charge in [0.2, 0.25) is 0 Å². The summed E-state index contributed by atoms with van der Waals surface area (Å²) >= 11 is 0. The lowest BCUT2D eigenvalue weighted by Crippen LogP contribution is -2.43. The van der Waals surface area contributed by atoms with Crippen molar-refractivity contribution in [3.05, 3.63) is 17.5 Å². The van der Waals surface area contributed by atoms with Gasteiger partial charge in [-0.25, -0.2) is 0 Å². The predicted octanol–water partition coefficient (Wildman–Crippen LogP) is 2.32. The number of nitrogens with one attached hydrogen (secondary N) is 1. The largest absolute Gasteiger partial charge is 0.392 e. The SMILES string of the molecule is Cc1c(C(=O)NCC(C)(C)C(O)C(C)C)cnn1C1CCOCC1. The zero-order valence-corrected chi connectivity index (χ0v) is 15.5. The topological polar surface area (TPSA) is 76.4 Å². The summed E-state index contributed by atoms with van der Waals surface area (Å²) in [6.07, 6.45) is 3.03. The first-order valence-electron chi connectivity index (χ1n) is 8.82. The molecule has 1 aliphatic rings. The van der Waals surface area contributed by atoms with Crippen molar-refractivity contribution in [3.63, 3.8) is 0 Å². The van der Waals surface area contributed by atoms with E-state index in [-0.39, 0.29) is 17.2 Å². The Balaban J connectivity index is 2.01. The number of rotatable bonds is 6. The van der Waals surface area contributed by atoms with Gasteiger partial charge in [-0.2, -0.15) is 5.10 Å². The van der Waals surface area contributed by atoms with Crippen LogP contribution in [0.1, 0.15) is 62.6 Å². The highest BCUT2D eigenvalue weighted by atomic mass is 16.5. The molecule has 6 heteroatoms. The van der Waals surface area contributed by atoms with Crippen LogP contribution in [0.3, 0.4) is 0 Å². The Bertz CT molecular complexity index is 560. The van der Waals surface area contributed by atoms with Gasteiger partial charge in [0.25, 0.3) is 5.91 Å². The van der Waals surface area contributed by atoms with Crippen molar-refractivity contribution in [2.75, 3.05) is 19.8 Å². The average molecular weight is 337 g/mol. The average Bonchev–Trinajstić information content (AvgIpc) is 2.94. The van der Waals surface area contributed by atoms with Crippen molar-refractivity contribution in [2.24, 2.45) is 11.3 Å². The third-order valence-corrected chi connectivity index (χ3v) is 4.96. The van der Waals surface area contributed by atoms with E-state index in [1.54, 1.807) is 6.20 Å². The molecule has 1 saturated heterocycles. The summed E-state index contributed by atoms with van der Waals surface area (Å²) in [7, 11) is 0. The zero-order chi connectivity index (χ0) is 17.9. The first kappa shape index (κ1) is 18.9. The van der Waals surface area contributed by atoms with Crippen LogP contribution in [-0.2, 0) is 4.74 Å². The number of hydrogen-bond acceptors (Lipinski definition) is 4. The second-order valence-electron chi connectivity index (χ2n) is 7.79. The molecule has 2 heterocycles. The van der Waals surface area contributed by atoms with Gasteiger partial charge in [-0.3, -0.25) is 9.48 Å². The summed E-state index contributed by atoms with van der Waals surface area (Å²) in [6.45, 7) is 11.7. The molecule has 1 atom stereocenters. The minimum atomic E-state index is -0.469. The molecule has 2 N–H and O–H groups in total. The van der Waals surface area contributed by atoms with Crippen LogP contribution in [0.2, 0.25) is 0 Å². The maximum absolute atomic E-state index is 12.5. The van der Waals surface area contributed by atoms with Crippen molar-refractivity contribution < 1.29 is 14.6 Å². The van der Waals surface area contributed by atoms with E-state index in [0.717, 1.165) is 31.7 Å². The van der Waals surface area contributed by atoms with E-state index in [1.165, 1.54) is 0 Å². The molecule has 0 aliphatic carbocycles. The summed E-state index contributed by atoms with van der Waals surface area (Å²) < 4.78 is 7.34. The molecule has 24 heavy (non-hydrogen) atoms. The smallest absolute Gasteiger partial charge is 0.254 e. The van der Waals surface area contributed by atoms with Crippen LogP contribution < -0.4 is 5.32 Å². The number of carbonyl (C=O) groups excluding carboxylic acids is 1. The molecule has 2 rings (SSSR count). The Morgan fingerprint density at radius 1 is 1.46 bits per heavy atom. The molecule has 0 saturated carbocycles. The predicted molar refractivity (Wildman–Crippen MR) is 93.0 cm³/mol. The Kier molecular flexibility index (Phi) is 6.04. The lowest BCUT2D eigenvalue weighted by atomic mass is 9.80. The molecular formula is C18H31N3O3. The van der Waals surface area contributed by atoms with E-state index >= 15 is 0 Å². The molecule has 0 aromatic carbocycles. The normalized spacial score (nSPS) is 18.0. The number of carbonyl (C=O) groups is 1. The maximum Gasteiger partial charge on any atom is 0.254 e. The molecular weight excluding hydrogens is 306 g/mol. The van der Waals surface area contributed by atoms with E-state index in [4.69, 9.17) is 4.74 Å². The number of ether oxygens (including phenoxy) is 1. The number of amides is 1. The van der Waals surface area contributed by atoms with Crippen LogP contribution in [0.15, 0.2) is 6.20 Å². The lowest BCUT2D eigenvalue weighted by molar-refractivity contribution is 0.0138. The molecule has 1 aromatic heterocycles. The Labute approximate surface area is 144 Å². The Hall–Kier alpha value is -1.40. The van der Waals surface area contributed by atoms with Gasteiger partial charge in [0, 0.05) is 30.9 Å². The van der Waals surface area contributed by atoms with Crippen molar-refractivity contribution in [3.8, 4) is 0 Å². The Morgan fingerprint density at radius 3 is 2.67 bits per heavy atom. The second-order valence-corrected chi connectivity index (χ2v) is 7.79. The van der Waals surface area contributed by atoms with E-state index in [2.05, 4.69) is 10.4 Å². The summed E-state index contributed by atoms with van der Waals surface area (Å²) in [4.78, 5) is 12.5. The van der Waals surface area contributed by atoms with Crippen molar-refractivity contribution in [2.45, 2.75) is 59.6 Å². The second kappa shape index (κ2) is 7.66. The first-order valence-corrected chi connectivity index (χ1v) is 8.82. The van der Waals surface area contributed by atoms with Gasteiger partial charge >= 0.3 is 0 Å². The third kappa shape index (κ3) is 4.16. The molecule has 1 unspecified atom stereocenters. The summed E-state index contributed by atoms with van der Waals surface area (Å²) in [5, 5.41) is 17.7. The summed E-state index contributed by atoms with van der Waals surface area (Å²) in [5.74, 6) is 0.0183. The minimum Gasteiger partial charge on any atom is -0.392 e. The van der Waals surface area contributed by atoms with E-state index in [1.807, 2.05) is 39.3 Å². The number of aliphatic hydroxyl groups excluding tert-OH is 1. The van der Waals surface area contributed by atoms with E-state index in [9.17, 15) is 9.90 Å². The number of nitrogens with zero attached hydrogens (tertiary/aromatic N) is 2. The van der Waals surface area contributed by atoms with Crippen molar-refractivity contribution in [1.29, 1.82) is 0 Å². The van der Waals surface area contributed by atoms with Crippen molar-refractivity contribution in [1.82, 2.24) is 15.1 Å². The van der Waals surface area contributed by atoms with Gasteiger partial charge in [0.15, 0.2) is 0 Å².